The van der Waals surface area contributed by atoms with E-state index in [1.807, 2.05) is 24.3 Å². The van der Waals surface area contributed by atoms with Crippen molar-refractivity contribution in [3.8, 4) is 6.07 Å². The Bertz CT molecular complexity index is 571. The van der Waals surface area contributed by atoms with Gasteiger partial charge in [-0.05, 0) is 11.1 Å². The third-order valence-corrected chi connectivity index (χ3v) is 3.21. The summed E-state index contributed by atoms with van der Waals surface area (Å²) in [5, 5.41) is 8.92. The lowest BCUT2D eigenvalue weighted by Gasteiger charge is -2.09. The first-order chi connectivity index (χ1) is 8.36. The molecule has 82 valence electrons. The topological polar surface area (TPSA) is 36.1 Å². The van der Waals surface area contributed by atoms with Crippen molar-refractivity contribution in [1.29, 1.82) is 5.26 Å². The monoisotopic (exact) mass is 220 g/mol. The number of nitrogens with zero attached hydrogens (tertiary/aromatic N) is 2. The first-order valence-corrected chi connectivity index (χ1v) is 5.79. The molecule has 2 heteroatoms. The first-order valence-electron chi connectivity index (χ1n) is 5.79. The van der Waals surface area contributed by atoms with Crippen LogP contribution >= 0.6 is 0 Å². The van der Waals surface area contributed by atoms with E-state index in [1.54, 1.807) is 0 Å². The zero-order valence-corrected chi connectivity index (χ0v) is 9.43. The number of rotatable bonds is 1. The molecule has 0 saturated heterocycles. The molecule has 17 heavy (non-hydrogen) atoms. The molecule has 0 fully saturated rings. The summed E-state index contributed by atoms with van der Waals surface area (Å²) in [6.07, 6.45) is 5.71. The molecule has 0 saturated carbocycles. The average molecular weight is 220 g/mol. The van der Waals surface area contributed by atoms with Crippen molar-refractivity contribution in [2.24, 2.45) is 10.9 Å². The molecule has 1 aliphatic carbocycles. The summed E-state index contributed by atoms with van der Waals surface area (Å²) in [4.78, 5) is 4.67. The zero-order chi connectivity index (χ0) is 11.7. The van der Waals surface area contributed by atoms with Gasteiger partial charge in [-0.3, -0.25) is 4.99 Å². The number of benzene rings is 1. The lowest BCUT2D eigenvalue weighted by molar-refractivity contribution is 0.783. The minimum atomic E-state index is -0.00683. The largest absolute Gasteiger partial charge is 0.257 e. The third kappa shape index (κ3) is 1.81. The van der Waals surface area contributed by atoms with Gasteiger partial charge in [0.25, 0.3) is 0 Å². The van der Waals surface area contributed by atoms with Crippen molar-refractivity contribution >= 4 is 5.71 Å². The zero-order valence-electron chi connectivity index (χ0n) is 9.43. The van der Waals surface area contributed by atoms with Gasteiger partial charge >= 0.3 is 0 Å². The van der Waals surface area contributed by atoms with Crippen molar-refractivity contribution in [3.63, 3.8) is 0 Å². The summed E-state index contributed by atoms with van der Waals surface area (Å²) >= 11 is 0. The van der Waals surface area contributed by atoms with Crippen LogP contribution in [0.5, 0.6) is 0 Å². The maximum absolute atomic E-state index is 8.92. The van der Waals surface area contributed by atoms with Crippen LogP contribution in [0.25, 0.3) is 0 Å². The van der Waals surface area contributed by atoms with Crippen LogP contribution in [0.4, 0.5) is 0 Å². The number of allylic oxidation sites excluding steroid dienone is 4. The molecule has 2 nitrogen and oxygen atoms in total. The molecule has 1 aromatic rings. The molecule has 1 atom stereocenters. The molecule has 3 rings (SSSR count). The highest BCUT2D eigenvalue weighted by Gasteiger charge is 2.22. The number of hydrogen-bond acceptors (Lipinski definition) is 2. The molecular formula is C15H12N2. The molecule has 0 aromatic heterocycles. The van der Waals surface area contributed by atoms with Crippen LogP contribution in [0.1, 0.15) is 18.4 Å². The lowest BCUT2D eigenvalue weighted by atomic mass is 9.94. The summed E-state index contributed by atoms with van der Waals surface area (Å²) in [5.74, 6) is -0.00683. The predicted molar refractivity (Wildman–Crippen MR) is 67.5 cm³/mol. The van der Waals surface area contributed by atoms with E-state index in [9.17, 15) is 0 Å². The molecule has 1 unspecified atom stereocenters. The molecule has 0 amide bonds. The van der Waals surface area contributed by atoms with E-state index < -0.39 is 0 Å². The number of hydrogen-bond donors (Lipinski definition) is 0. The highest BCUT2D eigenvalue weighted by molar-refractivity contribution is 6.04. The summed E-state index contributed by atoms with van der Waals surface area (Å²) in [5.41, 5.74) is 4.68. The van der Waals surface area contributed by atoms with Crippen LogP contribution in [0.3, 0.4) is 0 Å². The Labute approximate surface area is 101 Å². The van der Waals surface area contributed by atoms with Gasteiger partial charge < -0.3 is 0 Å². The van der Waals surface area contributed by atoms with Gasteiger partial charge in [0.1, 0.15) is 0 Å². The van der Waals surface area contributed by atoms with Crippen LogP contribution in [0, 0.1) is 17.2 Å². The summed E-state index contributed by atoms with van der Waals surface area (Å²) < 4.78 is 0. The minimum absolute atomic E-state index is 0.00683. The fourth-order valence-corrected chi connectivity index (χ4v) is 2.28. The van der Waals surface area contributed by atoms with E-state index in [1.165, 1.54) is 11.1 Å². The van der Waals surface area contributed by atoms with Crippen molar-refractivity contribution in [1.82, 2.24) is 0 Å². The highest BCUT2D eigenvalue weighted by atomic mass is 14.8. The minimum Gasteiger partial charge on any atom is -0.257 e. The van der Waals surface area contributed by atoms with Gasteiger partial charge in [-0.15, -0.1) is 0 Å². The van der Waals surface area contributed by atoms with Gasteiger partial charge in [0, 0.05) is 18.5 Å². The van der Waals surface area contributed by atoms with Gasteiger partial charge in [-0.1, -0.05) is 42.5 Å². The maximum atomic E-state index is 8.92. The molecule has 1 aliphatic heterocycles. The van der Waals surface area contributed by atoms with Crippen LogP contribution < -0.4 is 0 Å². The SMILES string of the molecule is N#CC1C=CC2=C(C1)N=C(c1ccccc1)C2. The van der Waals surface area contributed by atoms with Crippen molar-refractivity contribution in [3.05, 3.63) is 59.3 Å². The van der Waals surface area contributed by atoms with Crippen molar-refractivity contribution in [2.45, 2.75) is 12.8 Å². The number of nitriles is 1. The summed E-state index contributed by atoms with van der Waals surface area (Å²) in [7, 11) is 0. The second-order valence-electron chi connectivity index (χ2n) is 4.37. The van der Waals surface area contributed by atoms with Crippen LogP contribution in [0.2, 0.25) is 0 Å². The fourth-order valence-electron chi connectivity index (χ4n) is 2.28. The standard InChI is InChI=1S/C15H12N2/c16-10-11-6-7-13-9-15(17-14(13)8-11)12-4-2-1-3-5-12/h1-7,11H,8-9H2. The Morgan fingerprint density at radius 2 is 2.06 bits per heavy atom. The van der Waals surface area contributed by atoms with E-state index in [0.29, 0.717) is 0 Å². The predicted octanol–water partition coefficient (Wildman–Crippen LogP) is 3.23. The normalized spacial score (nSPS) is 22.1. The van der Waals surface area contributed by atoms with E-state index in [4.69, 9.17) is 5.26 Å². The quantitative estimate of drug-likeness (QED) is 0.715. The van der Waals surface area contributed by atoms with E-state index in [0.717, 1.165) is 24.3 Å². The second-order valence-corrected chi connectivity index (χ2v) is 4.37. The van der Waals surface area contributed by atoms with Crippen LogP contribution in [0.15, 0.2) is 58.7 Å². The Hall–Kier alpha value is -2.14. The van der Waals surface area contributed by atoms with Crippen LogP contribution in [-0.4, -0.2) is 5.71 Å². The molecule has 2 aliphatic rings. The fraction of sp³-hybridized carbons (Fsp3) is 0.200. The molecular weight excluding hydrogens is 208 g/mol. The van der Waals surface area contributed by atoms with E-state index in [-0.39, 0.29) is 5.92 Å². The van der Waals surface area contributed by atoms with Gasteiger partial charge in [-0.25, -0.2) is 0 Å². The molecule has 1 aromatic carbocycles. The average Bonchev–Trinajstić information content (AvgIpc) is 2.82. The lowest BCUT2D eigenvalue weighted by Crippen LogP contribution is -1.99. The Balaban J connectivity index is 1.88. The van der Waals surface area contributed by atoms with Gasteiger partial charge in [0.2, 0.25) is 0 Å². The van der Waals surface area contributed by atoms with E-state index in [2.05, 4.69) is 29.3 Å². The van der Waals surface area contributed by atoms with Gasteiger partial charge in [-0.2, -0.15) is 5.26 Å². The molecule has 1 heterocycles. The highest BCUT2D eigenvalue weighted by Crippen LogP contribution is 2.32. The van der Waals surface area contributed by atoms with Gasteiger partial charge in [0.15, 0.2) is 0 Å². The summed E-state index contributed by atoms with van der Waals surface area (Å²) in [6, 6.07) is 12.5. The first kappa shape index (κ1) is 10.0. The third-order valence-electron chi connectivity index (χ3n) is 3.21. The van der Waals surface area contributed by atoms with Crippen molar-refractivity contribution in [2.75, 3.05) is 0 Å². The molecule has 0 radical (unpaired) electrons. The second kappa shape index (κ2) is 4.03. The summed E-state index contributed by atoms with van der Waals surface area (Å²) in [6.45, 7) is 0. The maximum Gasteiger partial charge on any atom is 0.0702 e. The number of aliphatic imine (C=N–C) groups is 1. The molecule has 0 bridgehead atoms. The van der Waals surface area contributed by atoms with Crippen LogP contribution in [-0.2, 0) is 0 Å². The Morgan fingerprint density at radius 1 is 1.24 bits per heavy atom. The van der Waals surface area contributed by atoms with E-state index >= 15 is 0 Å². The Morgan fingerprint density at radius 3 is 2.82 bits per heavy atom. The van der Waals surface area contributed by atoms with Crippen molar-refractivity contribution < 1.29 is 0 Å². The Kier molecular flexibility index (Phi) is 2.38. The smallest absolute Gasteiger partial charge is 0.0702 e. The molecule has 0 N–H and O–H groups in total. The van der Waals surface area contributed by atoms with Gasteiger partial charge in [0.05, 0.1) is 17.7 Å². The molecule has 0 spiro atoms.